The highest BCUT2D eigenvalue weighted by Gasteiger charge is 2.13. The molecule has 0 fully saturated rings. The van der Waals surface area contributed by atoms with Crippen LogP contribution in [0.3, 0.4) is 0 Å². The first-order valence-electron chi connectivity index (χ1n) is 12.1. The standard InChI is InChI=1S/C29H36N2O4/c1-20(24-9-4-3-5-10-24)17-31-29(35)15-23-8-6-7-22(14-23)13-21(2)30-18-28(34)25-11-12-27(33)26(16-25)19-32/h3-12,14,16,20-21,28,30,32-34H,13,15,17-19H2,1-2H3,(H,31,35)/t20-,21+,28+/m0/s1. The van der Waals surface area contributed by atoms with E-state index in [4.69, 9.17) is 0 Å². The second-order valence-corrected chi connectivity index (χ2v) is 9.19. The molecule has 0 aliphatic carbocycles. The molecule has 35 heavy (non-hydrogen) atoms. The van der Waals surface area contributed by atoms with Crippen LogP contribution in [0, 0.1) is 0 Å². The van der Waals surface area contributed by atoms with E-state index in [1.807, 2.05) is 43.3 Å². The molecule has 3 atom stereocenters. The molecular formula is C29H36N2O4. The van der Waals surface area contributed by atoms with E-state index in [1.165, 1.54) is 11.6 Å². The number of hydrogen-bond donors (Lipinski definition) is 5. The van der Waals surface area contributed by atoms with Crippen molar-refractivity contribution in [1.29, 1.82) is 0 Å². The summed E-state index contributed by atoms with van der Waals surface area (Å²) in [6.07, 6.45) is 0.339. The van der Waals surface area contributed by atoms with Crippen molar-refractivity contribution in [1.82, 2.24) is 10.6 Å². The fourth-order valence-electron chi connectivity index (χ4n) is 4.08. The van der Waals surface area contributed by atoms with Gasteiger partial charge in [0.05, 0.1) is 19.1 Å². The molecule has 0 unspecified atom stereocenters. The number of amides is 1. The third kappa shape index (κ3) is 8.21. The number of aromatic hydroxyl groups is 1. The van der Waals surface area contributed by atoms with Crippen LogP contribution in [-0.2, 0) is 24.2 Å². The van der Waals surface area contributed by atoms with Crippen LogP contribution in [0.2, 0.25) is 0 Å². The summed E-state index contributed by atoms with van der Waals surface area (Å²) >= 11 is 0. The fraction of sp³-hybridized carbons (Fsp3) is 0.345. The van der Waals surface area contributed by atoms with E-state index in [1.54, 1.807) is 12.1 Å². The van der Waals surface area contributed by atoms with Gasteiger partial charge in [0, 0.05) is 24.7 Å². The molecule has 6 heteroatoms. The van der Waals surface area contributed by atoms with Gasteiger partial charge in [0.2, 0.25) is 5.91 Å². The number of hydrogen-bond acceptors (Lipinski definition) is 5. The van der Waals surface area contributed by atoms with Gasteiger partial charge in [-0.15, -0.1) is 0 Å². The van der Waals surface area contributed by atoms with Crippen molar-refractivity contribution >= 4 is 5.91 Å². The molecule has 1 amide bonds. The van der Waals surface area contributed by atoms with Crippen molar-refractivity contribution in [2.45, 2.75) is 51.4 Å². The Balaban J connectivity index is 1.46. The number of phenols is 1. The average molecular weight is 477 g/mol. The van der Waals surface area contributed by atoms with E-state index in [2.05, 4.69) is 35.8 Å². The molecule has 0 heterocycles. The van der Waals surface area contributed by atoms with Crippen molar-refractivity contribution in [3.05, 3.63) is 101 Å². The summed E-state index contributed by atoms with van der Waals surface area (Å²) in [6, 6.07) is 23.1. The van der Waals surface area contributed by atoms with E-state index in [-0.39, 0.29) is 30.2 Å². The lowest BCUT2D eigenvalue weighted by atomic mass is 10.0. The summed E-state index contributed by atoms with van der Waals surface area (Å²) in [7, 11) is 0. The van der Waals surface area contributed by atoms with Gasteiger partial charge in [-0.3, -0.25) is 4.79 Å². The quantitative estimate of drug-likeness (QED) is 0.275. The van der Waals surface area contributed by atoms with Crippen LogP contribution in [0.4, 0.5) is 0 Å². The van der Waals surface area contributed by atoms with Crippen LogP contribution in [-0.4, -0.2) is 40.4 Å². The largest absolute Gasteiger partial charge is 0.508 e. The summed E-state index contributed by atoms with van der Waals surface area (Å²) < 4.78 is 0. The summed E-state index contributed by atoms with van der Waals surface area (Å²) in [5.41, 5.74) is 4.33. The fourth-order valence-corrected chi connectivity index (χ4v) is 4.08. The van der Waals surface area contributed by atoms with Gasteiger partial charge in [-0.1, -0.05) is 67.6 Å². The zero-order chi connectivity index (χ0) is 25.2. The Morgan fingerprint density at radius 2 is 1.63 bits per heavy atom. The number of rotatable bonds is 12. The number of nitrogens with one attached hydrogen (secondary N) is 2. The minimum absolute atomic E-state index is 0.00960. The first-order chi connectivity index (χ1) is 16.9. The van der Waals surface area contributed by atoms with E-state index < -0.39 is 6.10 Å². The lowest BCUT2D eigenvalue weighted by Gasteiger charge is -2.18. The lowest BCUT2D eigenvalue weighted by Crippen LogP contribution is -2.32. The summed E-state index contributed by atoms with van der Waals surface area (Å²) in [4.78, 5) is 12.5. The summed E-state index contributed by atoms with van der Waals surface area (Å²) in [5, 5.41) is 35.9. The Hall–Kier alpha value is -3.19. The molecule has 0 aliphatic rings. The predicted molar refractivity (Wildman–Crippen MR) is 138 cm³/mol. The number of carbonyl (C=O) groups excluding carboxylic acids is 1. The molecule has 0 saturated carbocycles. The zero-order valence-corrected chi connectivity index (χ0v) is 20.4. The molecule has 0 radical (unpaired) electrons. The van der Waals surface area contributed by atoms with Crippen LogP contribution in [0.25, 0.3) is 0 Å². The highest BCUT2D eigenvalue weighted by atomic mass is 16.3. The SMILES string of the molecule is C[C@H](Cc1cccc(CC(=O)NC[C@H](C)c2ccccc2)c1)NC[C@@H](O)c1ccc(O)c(CO)c1. The smallest absolute Gasteiger partial charge is 0.224 e. The minimum atomic E-state index is -0.753. The van der Waals surface area contributed by atoms with Gasteiger partial charge >= 0.3 is 0 Å². The van der Waals surface area contributed by atoms with E-state index >= 15 is 0 Å². The maximum atomic E-state index is 12.5. The number of aliphatic hydroxyl groups is 2. The molecule has 0 saturated heterocycles. The maximum absolute atomic E-state index is 12.5. The van der Waals surface area contributed by atoms with Crippen molar-refractivity contribution in [3.63, 3.8) is 0 Å². The van der Waals surface area contributed by atoms with Gasteiger partial charge in [-0.2, -0.15) is 0 Å². The molecule has 3 aromatic carbocycles. The molecule has 0 aromatic heterocycles. The number of carbonyl (C=O) groups is 1. The zero-order valence-electron chi connectivity index (χ0n) is 20.4. The first kappa shape index (κ1) is 26.4. The van der Waals surface area contributed by atoms with Crippen molar-refractivity contribution in [2.75, 3.05) is 13.1 Å². The van der Waals surface area contributed by atoms with Gasteiger partial charge in [-0.25, -0.2) is 0 Å². The maximum Gasteiger partial charge on any atom is 0.224 e. The predicted octanol–water partition coefficient (Wildman–Crippen LogP) is 3.60. The second kappa shape index (κ2) is 13.0. The van der Waals surface area contributed by atoms with Crippen LogP contribution < -0.4 is 10.6 Å². The van der Waals surface area contributed by atoms with Crippen molar-refractivity contribution in [3.8, 4) is 5.75 Å². The molecular weight excluding hydrogens is 440 g/mol. The normalized spacial score (nSPS) is 13.7. The molecule has 5 N–H and O–H groups in total. The Kier molecular flexibility index (Phi) is 9.85. The van der Waals surface area contributed by atoms with Crippen LogP contribution in [0.5, 0.6) is 5.75 Å². The van der Waals surface area contributed by atoms with E-state index in [9.17, 15) is 20.1 Å². The molecule has 6 nitrogen and oxygen atoms in total. The average Bonchev–Trinajstić information content (AvgIpc) is 2.87. The van der Waals surface area contributed by atoms with Crippen LogP contribution >= 0.6 is 0 Å². The van der Waals surface area contributed by atoms with Gasteiger partial charge < -0.3 is 26.0 Å². The Bertz CT molecular complexity index is 1090. The third-order valence-corrected chi connectivity index (χ3v) is 6.19. The van der Waals surface area contributed by atoms with Gasteiger partial charge in [0.1, 0.15) is 5.75 Å². The Morgan fingerprint density at radius 3 is 2.37 bits per heavy atom. The third-order valence-electron chi connectivity index (χ3n) is 6.19. The summed E-state index contributed by atoms with van der Waals surface area (Å²) in [6.45, 7) is 4.82. The van der Waals surface area contributed by atoms with Gasteiger partial charge in [0.25, 0.3) is 0 Å². The number of benzene rings is 3. The van der Waals surface area contributed by atoms with Gasteiger partial charge in [-0.05, 0) is 53.6 Å². The molecule has 186 valence electrons. The topological polar surface area (TPSA) is 102 Å². The van der Waals surface area contributed by atoms with Crippen LogP contribution in [0.15, 0.2) is 72.8 Å². The Labute approximate surface area is 207 Å². The summed E-state index contributed by atoms with van der Waals surface area (Å²) in [5.74, 6) is 0.282. The lowest BCUT2D eigenvalue weighted by molar-refractivity contribution is -0.120. The Morgan fingerprint density at radius 1 is 0.886 bits per heavy atom. The minimum Gasteiger partial charge on any atom is -0.508 e. The van der Waals surface area contributed by atoms with Gasteiger partial charge in [0.15, 0.2) is 0 Å². The molecule has 3 rings (SSSR count). The molecule has 0 aliphatic heterocycles. The number of aliphatic hydroxyl groups excluding tert-OH is 2. The van der Waals surface area contributed by atoms with Crippen molar-refractivity contribution in [2.24, 2.45) is 0 Å². The van der Waals surface area contributed by atoms with Crippen LogP contribution in [0.1, 0.15) is 53.7 Å². The van der Waals surface area contributed by atoms with E-state index in [0.717, 1.165) is 17.5 Å². The molecule has 0 spiro atoms. The monoisotopic (exact) mass is 476 g/mol. The van der Waals surface area contributed by atoms with Crippen molar-refractivity contribution < 1.29 is 20.1 Å². The highest BCUT2D eigenvalue weighted by Crippen LogP contribution is 2.22. The molecule has 3 aromatic rings. The second-order valence-electron chi connectivity index (χ2n) is 9.19. The molecule has 0 bridgehead atoms. The van der Waals surface area contributed by atoms with E-state index in [0.29, 0.717) is 30.6 Å². The first-order valence-corrected chi connectivity index (χ1v) is 12.1. The highest BCUT2D eigenvalue weighted by molar-refractivity contribution is 5.78.